The number of hydrogen-bond acceptors (Lipinski definition) is 3. The molecule has 22 heavy (non-hydrogen) atoms. The molecule has 1 aliphatic rings. The Kier molecular flexibility index (Phi) is 4.15. The first-order chi connectivity index (χ1) is 10.6. The summed E-state index contributed by atoms with van der Waals surface area (Å²) in [5.41, 5.74) is 0.957. The predicted octanol–water partition coefficient (Wildman–Crippen LogP) is 3.78. The number of aryl methyl sites for hydroxylation is 1. The van der Waals surface area contributed by atoms with E-state index in [0.29, 0.717) is 34.2 Å². The molecule has 4 nitrogen and oxygen atoms in total. The lowest BCUT2D eigenvalue weighted by molar-refractivity contribution is -0.116. The second-order valence-corrected chi connectivity index (χ2v) is 5.23. The average molecular weight is 322 g/mol. The van der Waals surface area contributed by atoms with E-state index in [-0.39, 0.29) is 24.9 Å². The van der Waals surface area contributed by atoms with Crippen molar-refractivity contribution in [3.63, 3.8) is 0 Å². The Labute approximate surface area is 131 Å². The number of halogens is 2. The van der Waals surface area contributed by atoms with Crippen LogP contribution in [0.3, 0.4) is 0 Å². The third kappa shape index (κ3) is 3.14. The highest BCUT2D eigenvalue weighted by Crippen LogP contribution is 2.39. The number of rotatable bonds is 4. The molecule has 0 aliphatic carbocycles. The minimum Gasteiger partial charge on any atom is -0.454 e. The summed E-state index contributed by atoms with van der Waals surface area (Å²) in [5, 5.41) is 3.07. The molecule has 0 unspecified atom stereocenters. The van der Waals surface area contributed by atoms with Crippen molar-refractivity contribution >= 4 is 23.2 Å². The maximum Gasteiger partial charge on any atom is 0.231 e. The highest BCUT2D eigenvalue weighted by atomic mass is 35.5. The molecule has 0 saturated heterocycles. The molecule has 2 aromatic rings. The summed E-state index contributed by atoms with van der Waals surface area (Å²) in [5.74, 6) is 0.531. The molecule has 1 heterocycles. The van der Waals surface area contributed by atoms with Crippen molar-refractivity contribution in [2.75, 3.05) is 12.1 Å². The van der Waals surface area contributed by atoms with Crippen LogP contribution in [0.15, 0.2) is 36.4 Å². The van der Waals surface area contributed by atoms with Gasteiger partial charge in [0.05, 0.1) is 10.7 Å². The van der Waals surface area contributed by atoms with Crippen molar-refractivity contribution < 1.29 is 18.7 Å². The van der Waals surface area contributed by atoms with Gasteiger partial charge in [-0.3, -0.25) is 4.79 Å². The Balaban J connectivity index is 1.64. The van der Waals surface area contributed by atoms with Crippen LogP contribution in [0, 0.1) is 5.82 Å². The second-order valence-electron chi connectivity index (χ2n) is 4.82. The van der Waals surface area contributed by atoms with Crippen LogP contribution < -0.4 is 14.8 Å². The van der Waals surface area contributed by atoms with Crippen molar-refractivity contribution in [2.45, 2.75) is 12.8 Å². The van der Waals surface area contributed by atoms with E-state index in [1.807, 2.05) is 0 Å². The van der Waals surface area contributed by atoms with Gasteiger partial charge in [-0.25, -0.2) is 4.39 Å². The van der Waals surface area contributed by atoms with Crippen molar-refractivity contribution in [2.24, 2.45) is 0 Å². The second kappa shape index (κ2) is 6.23. The zero-order valence-electron chi connectivity index (χ0n) is 11.6. The van der Waals surface area contributed by atoms with E-state index in [2.05, 4.69) is 5.32 Å². The lowest BCUT2D eigenvalue weighted by Gasteiger charge is -2.09. The maximum atomic E-state index is 13.5. The molecule has 0 radical (unpaired) electrons. The van der Waals surface area contributed by atoms with Crippen LogP contribution >= 0.6 is 11.6 Å². The van der Waals surface area contributed by atoms with Gasteiger partial charge in [-0.2, -0.15) is 0 Å². The van der Waals surface area contributed by atoms with Gasteiger partial charge in [0.1, 0.15) is 5.82 Å². The van der Waals surface area contributed by atoms with Crippen LogP contribution in [0.1, 0.15) is 12.0 Å². The Morgan fingerprint density at radius 2 is 1.95 bits per heavy atom. The fraction of sp³-hybridized carbons (Fsp3) is 0.188. The number of nitrogens with one attached hydrogen (secondary N) is 1. The normalized spacial score (nSPS) is 12.3. The van der Waals surface area contributed by atoms with E-state index in [9.17, 15) is 9.18 Å². The standard InChI is InChI=1S/C16H13ClFNO3/c17-11-7-14-15(22-9-21-14)8-13(11)19-16(20)6-5-10-3-1-2-4-12(10)18/h1-4,7-8H,5-6,9H2,(H,19,20). The molecule has 1 amide bonds. The molecular weight excluding hydrogens is 309 g/mol. The summed E-state index contributed by atoms with van der Waals surface area (Å²) < 4.78 is 23.9. The number of fused-ring (bicyclic) bond motifs is 1. The Morgan fingerprint density at radius 1 is 1.23 bits per heavy atom. The minimum atomic E-state index is -0.309. The highest BCUT2D eigenvalue weighted by Gasteiger charge is 2.17. The molecule has 1 aliphatic heterocycles. The van der Waals surface area contributed by atoms with Crippen LogP contribution in [0.2, 0.25) is 5.02 Å². The Morgan fingerprint density at radius 3 is 2.73 bits per heavy atom. The number of carbonyl (C=O) groups excluding carboxylic acids is 1. The van der Waals surface area contributed by atoms with Gasteiger partial charge in [-0.05, 0) is 18.1 Å². The number of carbonyl (C=O) groups is 1. The summed E-state index contributed by atoms with van der Waals surface area (Å²) in [6.07, 6.45) is 0.479. The smallest absolute Gasteiger partial charge is 0.231 e. The number of hydrogen-bond donors (Lipinski definition) is 1. The zero-order valence-corrected chi connectivity index (χ0v) is 12.3. The maximum absolute atomic E-state index is 13.5. The van der Waals surface area contributed by atoms with Crippen LogP contribution in [0.25, 0.3) is 0 Å². The quantitative estimate of drug-likeness (QED) is 0.932. The molecule has 3 rings (SSSR count). The Bertz CT molecular complexity index is 721. The molecule has 0 aromatic heterocycles. The molecule has 2 aromatic carbocycles. The predicted molar refractivity (Wildman–Crippen MR) is 80.9 cm³/mol. The van der Waals surface area contributed by atoms with E-state index in [1.54, 1.807) is 30.3 Å². The molecule has 0 saturated carbocycles. The highest BCUT2D eigenvalue weighted by molar-refractivity contribution is 6.34. The first-order valence-electron chi connectivity index (χ1n) is 6.76. The van der Waals surface area contributed by atoms with Gasteiger partial charge < -0.3 is 14.8 Å². The third-order valence-corrected chi connectivity index (χ3v) is 3.63. The van der Waals surface area contributed by atoms with Gasteiger partial charge >= 0.3 is 0 Å². The van der Waals surface area contributed by atoms with Gasteiger partial charge in [-0.1, -0.05) is 29.8 Å². The van der Waals surface area contributed by atoms with Crippen LogP contribution in [-0.2, 0) is 11.2 Å². The minimum absolute atomic E-state index is 0.135. The summed E-state index contributed by atoms with van der Waals surface area (Å²) in [6, 6.07) is 9.61. The van der Waals surface area contributed by atoms with Crippen molar-refractivity contribution in [1.82, 2.24) is 0 Å². The molecule has 0 bridgehead atoms. The molecular formula is C16H13ClFNO3. The molecule has 0 atom stereocenters. The molecule has 6 heteroatoms. The van der Waals surface area contributed by atoms with Crippen LogP contribution in [0.4, 0.5) is 10.1 Å². The van der Waals surface area contributed by atoms with Crippen molar-refractivity contribution in [3.05, 3.63) is 52.8 Å². The van der Waals surface area contributed by atoms with Crippen LogP contribution in [0.5, 0.6) is 11.5 Å². The van der Waals surface area contributed by atoms with Crippen LogP contribution in [-0.4, -0.2) is 12.7 Å². The monoisotopic (exact) mass is 321 g/mol. The van der Waals surface area contributed by atoms with Gasteiger partial charge in [0.2, 0.25) is 12.7 Å². The van der Waals surface area contributed by atoms with Gasteiger partial charge in [-0.15, -0.1) is 0 Å². The first kappa shape index (κ1) is 14.7. The summed E-state index contributed by atoms with van der Waals surface area (Å²) in [4.78, 5) is 12.0. The first-order valence-corrected chi connectivity index (χ1v) is 7.13. The number of anilines is 1. The fourth-order valence-electron chi connectivity index (χ4n) is 2.18. The number of ether oxygens (including phenoxy) is 2. The zero-order chi connectivity index (χ0) is 15.5. The molecule has 0 spiro atoms. The topological polar surface area (TPSA) is 47.6 Å². The van der Waals surface area contributed by atoms with Gasteiger partial charge in [0.25, 0.3) is 0 Å². The lowest BCUT2D eigenvalue weighted by Crippen LogP contribution is -2.13. The van der Waals surface area contributed by atoms with E-state index < -0.39 is 0 Å². The van der Waals surface area contributed by atoms with E-state index in [4.69, 9.17) is 21.1 Å². The lowest BCUT2D eigenvalue weighted by atomic mass is 10.1. The van der Waals surface area contributed by atoms with Gasteiger partial charge in [0.15, 0.2) is 11.5 Å². The molecule has 114 valence electrons. The van der Waals surface area contributed by atoms with E-state index in [1.165, 1.54) is 6.07 Å². The molecule has 1 N–H and O–H groups in total. The summed E-state index contributed by atoms with van der Waals surface area (Å²) in [7, 11) is 0. The molecule has 0 fully saturated rings. The number of benzene rings is 2. The van der Waals surface area contributed by atoms with E-state index >= 15 is 0 Å². The SMILES string of the molecule is O=C(CCc1ccccc1F)Nc1cc2c(cc1Cl)OCO2. The fourth-order valence-corrected chi connectivity index (χ4v) is 2.38. The Hall–Kier alpha value is -2.27. The largest absolute Gasteiger partial charge is 0.454 e. The summed E-state index contributed by atoms with van der Waals surface area (Å²) in [6.45, 7) is 0.135. The van der Waals surface area contributed by atoms with Crippen molar-refractivity contribution in [3.8, 4) is 11.5 Å². The van der Waals surface area contributed by atoms with Gasteiger partial charge in [0, 0.05) is 18.6 Å². The van der Waals surface area contributed by atoms with Crippen molar-refractivity contribution in [1.29, 1.82) is 0 Å². The third-order valence-electron chi connectivity index (χ3n) is 3.32. The number of amides is 1. The summed E-state index contributed by atoms with van der Waals surface area (Å²) >= 11 is 6.08. The average Bonchev–Trinajstić information content (AvgIpc) is 2.94. The van der Waals surface area contributed by atoms with E-state index in [0.717, 1.165) is 0 Å².